The zero-order valence-electron chi connectivity index (χ0n) is 19.0. The van der Waals surface area contributed by atoms with Crippen LogP contribution in [0.25, 0.3) is 39.3 Å². The molecule has 0 unspecified atom stereocenters. The van der Waals surface area contributed by atoms with Crippen LogP contribution in [0.5, 0.6) is 11.5 Å². The Bertz CT molecular complexity index is 1680. The maximum Gasteiger partial charge on any atom is 0.534 e. The van der Waals surface area contributed by atoms with Crippen molar-refractivity contribution in [1.29, 1.82) is 0 Å². The molecule has 0 aliphatic carbocycles. The van der Waals surface area contributed by atoms with Gasteiger partial charge in [0, 0.05) is 30.3 Å². The summed E-state index contributed by atoms with van der Waals surface area (Å²) >= 11 is 0. The first-order chi connectivity index (χ1) is 17.7. The lowest BCUT2D eigenvalue weighted by atomic mass is 10.0. The predicted molar refractivity (Wildman–Crippen MR) is 124 cm³/mol. The van der Waals surface area contributed by atoms with Gasteiger partial charge in [0.25, 0.3) is 0 Å². The summed E-state index contributed by atoms with van der Waals surface area (Å²) in [5.74, 6) is 0.246. The first kappa shape index (κ1) is 24.5. The van der Waals surface area contributed by atoms with Gasteiger partial charge in [-0.1, -0.05) is 12.1 Å². The van der Waals surface area contributed by atoms with Crippen LogP contribution in [0.1, 0.15) is 0 Å². The lowest BCUT2D eigenvalue weighted by molar-refractivity contribution is -0.0499. The van der Waals surface area contributed by atoms with E-state index in [-0.39, 0.29) is 22.4 Å². The van der Waals surface area contributed by atoms with E-state index < -0.39 is 21.4 Å². The molecule has 37 heavy (non-hydrogen) atoms. The van der Waals surface area contributed by atoms with Crippen molar-refractivity contribution in [3.8, 4) is 34.2 Å². The Morgan fingerprint density at radius 1 is 1.11 bits per heavy atom. The molecule has 5 rings (SSSR count). The SMILES string of the molecule is COCCOc1ccn2c(-c3cc(-c4cnco4)c4cccc(OS(=O)(=O)C(F)(F)F)c4n3)cnc2c1. The number of pyridine rings is 2. The van der Waals surface area contributed by atoms with Gasteiger partial charge >= 0.3 is 15.6 Å². The number of oxazole rings is 1. The number of methoxy groups -OCH3 is 1. The number of benzene rings is 1. The van der Waals surface area contributed by atoms with Gasteiger partial charge in [0.15, 0.2) is 17.9 Å². The summed E-state index contributed by atoms with van der Waals surface area (Å²) in [6.45, 7) is 0.751. The zero-order chi connectivity index (χ0) is 26.2. The monoisotopic (exact) mass is 534 g/mol. The highest BCUT2D eigenvalue weighted by Gasteiger charge is 2.48. The van der Waals surface area contributed by atoms with E-state index in [0.29, 0.717) is 35.9 Å². The number of aromatic nitrogens is 4. The number of hydrogen-bond acceptors (Lipinski definition) is 9. The molecule has 4 aromatic heterocycles. The Hall–Kier alpha value is -4.17. The van der Waals surface area contributed by atoms with Gasteiger partial charge in [0.05, 0.1) is 30.4 Å². The highest BCUT2D eigenvalue weighted by Crippen LogP contribution is 2.37. The number of alkyl halides is 3. The van der Waals surface area contributed by atoms with Crippen molar-refractivity contribution in [3.05, 3.63) is 61.4 Å². The first-order valence-corrected chi connectivity index (χ1v) is 12.0. The lowest BCUT2D eigenvalue weighted by Gasteiger charge is -2.13. The fourth-order valence-corrected chi connectivity index (χ4v) is 4.09. The molecule has 0 atom stereocenters. The normalized spacial score (nSPS) is 12.3. The van der Waals surface area contributed by atoms with Gasteiger partial charge in [-0.05, 0) is 18.2 Å². The van der Waals surface area contributed by atoms with Crippen molar-refractivity contribution in [2.75, 3.05) is 20.3 Å². The fraction of sp³-hybridized carbons (Fsp3) is 0.174. The van der Waals surface area contributed by atoms with E-state index in [0.717, 1.165) is 6.07 Å². The molecule has 14 heteroatoms. The molecule has 10 nitrogen and oxygen atoms in total. The Labute approximate surface area is 207 Å². The van der Waals surface area contributed by atoms with Crippen molar-refractivity contribution in [2.24, 2.45) is 0 Å². The molecule has 192 valence electrons. The van der Waals surface area contributed by atoms with E-state index in [4.69, 9.17) is 13.9 Å². The minimum absolute atomic E-state index is 0.131. The van der Waals surface area contributed by atoms with Gasteiger partial charge in [0.2, 0.25) is 0 Å². The molecule has 1 aromatic carbocycles. The molecule has 0 aliphatic heterocycles. The number of imidazole rings is 1. The standard InChI is InChI=1S/C23H17F3N4O6S/c1-33-7-8-34-14-5-6-30-18(11-28-21(30)9-14)17-10-16(20-12-27-13-35-20)15-3-2-4-19(22(15)29-17)36-37(31,32)23(24,25)26/h2-6,9-13H,7-8H2,1H3. The van der Waals surface area contributed by atoms with Crippen LogP contribution < -0.4 is 8.92 Å². The number of nitrogens with zero attached hydrogens (tertiary/aromatic N) is 4. The van der Waals surface area contributed by atoms with Crippen molar-refractivity contribution in [1.82, 2.24) is 19.4 Å². The molecule has 0 N–H and O–H groups in total. The van der Waals surface area contributed by atoms with Gasteiger partial charge in [0.1, 0.15) is 23.5 Å². The second-order valence-electron chi connectivity index (χ2n) is 7.63. The van der Waals surface area contributed by atoms with E-state index in [2.05, 4.69) is 19.1 Å². The second kappa shape index (κ2) is 9.37. The molecule has 0 bridgehead atoms. The van der Waals surface area contributed by atoms with Crippen molar-refractivity contribution < 1.29 is 39.7 Å². The molecule has 0 radical (unpaired) electrons. The van der Waals surface area contributed by atoms with E-state index in [1.165, 1.54) is 24.9 Å². The third-order valence-corrected chi connectivity index (χ3v) is 6.25. The molecule has 0 saturated heterocycles. The smallest absolute Gasteiger partial charge is 0.491 e. The quantitative estimate of drug-likeness (QED) is 0.162. The highest BCUT2D eigenvalue weighted by atomic mass is 32.2. The summed E-state index contributed by atoms with van der Waals surface area (Å²) in [5, 5.41) is 0.290. The molecular weight excluding hydrogens is 517 g/mol. The van der Waals surface area contributed by atoms with E-state index in [9.17, 15) is 21.6 Å². The number of para-hydroxylation sites is 1. The maximum absolute atomic E-state index is 13.0. The van der Waals surface area contributed by atoms with Crippen molar-refractivity contribution >= 4 is 26.7 Å². The predicted octanol–water partition coefficient (Wildman–Crippen LogP) is 4.46. The minimum atomic E-state index is -5.94. The van der Waals surface area contributed by atoms with Gasteiger partial charge in [-0.15, -0.1) is 0 Å². The van der Waals surface area contributed by atoms with Crippen LogP contribution in [0.3, 0.4) is 0 Å². The third kappa shape index (κ3) is 4.68. The summed E-state index contributed by atoms with van der Waals surface area (Å²) in [6, 6.07) is 9.03. The summed E-state index contributed by atoms with van der Waals surface area (Å²) in [7, 11) is -4.38. The average Bonchev–Trinajstić information content (AvgIpc) is 3.53. The van der Waals surface area contributed by atoms with Crippen molar-refractivity contribution in [3.63, 3.8) is 0 Å². The number of hydrogen-bond donors (Lipinski definition) is 0. The first-order valence-electron chi connectivity index (χ1n) is 10.6. The maximum atomic E-state index is 13.0. The summed E-state index contributed by atoms with van der Waals surface area (Å²) in [6.07, 6.45) is 5.81. The number of halogens is 3. The number of ether oxygens (including phenoxy) is 2. The van der Waals surface area contributed by atoms with Crippen LogP contribution in [0.15, 0.2) is 65.8 Å². The van der Waals surface area contributed by atoms with E-state index in [1.807, 2.05) is 0 Å². The summed E-state index contributed by atoms with van der Waals surface area (Å²) in [4.78, 5) is 12.7. The topological polar surface area (TPSA) is 118 Å². The fourth-order valence-electron chi connectivity index (χ4n) is 3.62. The average molecular weight is 534 g/mol. The van der Waals surface area contributed by atoms with Crippen molar-refractivity contribution in [2.45, 2.75) is 5.51 Å². The van der Waals surface area contributed by atoms with Gasteiger partial charge in [-0.3, -0.25) is 4.40 Å². The molecule has 0 saturated carbocycles. The molecule has 0 fully saturated rings. The summed E-state index contributed by atoms with van der Waals surface area (Å²) < 4.78 is 84.8. The number of fused-ring (bicyclic) bond motifs is 2. The van der Waals surface area contributed by atoms with Gasteiger partial charge in [-0.25, -0.2) is 15.0 Å². The largest absolute Gasteiger partial charge is 0.534 e. The molecule has 4 heterocycles. The van der Waals surface area contributed by atoms with Crippen LogP contribution >= 0.6 is 0 Å². The minimum Gasteiger partial charge on any atom is -0.491 e. The van der Waals surface area contributed by atoms with E-state index >= 15 is 0 Å². The van der Waals surface area contributed by atoms with Gasteiger partial charge < -0.3 is 18.1 Å². The Morgan fingerprint density at radius 2 is 1.95 bits per heavy atom. The molecule has 5 aromatic rings. The Balaban J connectivity index is 1.67. The molecular formula is C23H17F3N4O6S. The molecule has 0 spiro atoms. The van der Waals surface area contributed by atoms with Crippen LogP contribution in [-0.2, 0) is 14.9 Å². The van der Waals surface area contributed by atoms with Crippen LogP contribution in [-0.4, -0.2) is 53.6 Å². The van der Waals surface area contributed by atoms with Crippen LogP contribution in [0.4, 0.5) is 13.2 Å². The molecule has 0 aliphatic rings. The molecule has 0 amide bonds. The second-order valence-corrected chi connectivity index (χ2v) is 9.17. The third-order valence-electron chi connectivity index (χ3n) is 5.29. The lowest BCUT2D eigenvalue weighted by Crippen LogP contribution is -2.28. The van der Waals surface area contributed by atoms with E-state index in [1.54, 1.807) is 42.0 Å². The number of rotatable bonds is 8. The Kier molecular flexibility index (Phi) is 6.21. The highest BCUT2D eigenvalue weighted by molar-refractivity contribution is 7.88. The van der Waals surface area contributed by atoms with Crippen LogP contribution in [0, 0.1) is 0 Å². The van der Waals surface area contributed by atoms with Crippen LogP contribution in [0.2, 0.25) is 0 Å². The Morgan fingerprint density at radius 3 is 2.68 bits per heavy atom. The summed E-state index contributed by atoms with van der Waals surface area (Å²) in [5.41, 5.74) is -4.10. The zero-order valence-corrected chi connectivity index (χ0v) is 19.8. The van der Waals surface area contributed by atoms with Gasteiger partial charge in [-0.2, -0.15) is 21.6 Å².